The molecule has 0 aliphatic rings. The molecular formula is C11H16N6OS. The Labute approximate surface area is 115 Å². The third kappa shape index (κ3) is 3.58. The van der Waals surface area contributed by atoms with Crippen molar-refractivity contribution in [1.82, 2.24) is 24.3 Å². The van der Waals surface area contributed by atoms with E-state index in [2.05, 4.69) is 24.9 Å². The number of amides is 1. The predicted molar refractivity (Wildman–Crippen MR) is 73.4 cm³/mol. The van der Waals surface area contributed by atoms with E-state index in [0.717, 1.165) is 18.0 Å². The van der Waals surface area contributed by atoms with Gasteiger partial charge in [-0.05, 0) is 32.6 Å². The molecule has 2 aromatic rings. The molecule has 0 atom stereocenters. The molecule has 2 rings (SSSR count). The van der Waals surface area contributed by atoms with E-state index in [0.29, 0.717) is 11.4 Å². The number of aromatic nitrogens is 4. The predicted octanol–water partition coefficient (Wildman–Crippen LogP) is 0.857. The standard InChI is InChI=1S/C11H16N6OS/c1-8-10(14-15-19-8)11(18)13-9-6-12-17(7-9)5-4-16(2)3/h6-7H,4-5H2,1-3H3,(H,13,18). The molecule has 0 radical (unpaired) electrons. The second kappa shape index (κ2) is 5.89. The van der Waals surface area contributed by atoms with Crippen LogP contribution in [0, 0.1) is 6.92 Å². The zero-order valence-electron chi connectivity index (χ0n) is 11.1. The third-order valence-corrected chi connectivity index (χ3v) is 3.17. The highest BCUT2D eigenvalue weighted by Crippen LogP contribution is 2.11. The molecule has 0 saturated carbocycles. The smallest absolute Gasteiger partial charge is 0.277 e. The summed E-state index contributed by atoms with van der Waals surface area (Å²) in [5.41, 5.74) is 1.03. The second-order valence-corrected chi connectivity index (χ2v) is 5.39. The summed E-state index contributed by atoms with van der Waals surface area (Å²) in [6, 6.07) is 0. The van der Waals surface area contributed by atoms with Gasteiger partial charge in [0.1, 0.15) is 0 Å². The Balaban J connectivity index is 1.96. The maximum atomic E-state index is 11.9. The quantitative estimate of drug-likeness (QED) is 0.879. The van der Waals surface area contributed by atoms with Crippen molar-refractivity contribution in [2.75, 3.05) is 26.0 Å². The number of nitrogens with one attached hydrogen (secondary N) is 1. The summed E-state index contributed by atoms with van der Waals surface area (Å²) in [6.07, 6.45) is 3.43. The van der Waals surface area contributed by atoms with E-state index in [9.17, 15) is 4.79 Å². The Kier molecular flexibility index (Phi) is 4.23. The number of anilines is 1. The average Bonchev–Trinajstić information content (AvgIpc) is 2.95. The van der Waals surface area contributed by atoms with E-state index in [1.165, 1.54) is 11.5 Å². The van der Waals surface area contributed by atoms with Gasteiger partial charge in [-0.3, -0.25) is 9.48 Å². The molecule has 1 N–H and O–H groups in total. The van der Waals surface area contributed by atoms with Gasteiger partial charge in [0.15, 0.2) is 5.69 Å². The molecule has 0 aliphatic heterocycles. The van der Waals surface area contributed by atoms with Crippen molar-refractivity contribution in [2.24, 2.45) is 0 Å². The van der Waals surface area contributed by atoms with Gasteiger partial charge in [0, 0.05) is 12.7 Å². The van der Waals surface area contributed by atoms with Crippen LogP contribution in [0.2, 0.25) is 0 Å². The van der Waals surface area contributed by atoms with E-state index in [1.54, 1.807) is 17.1 Å². The Hall–Kier alpha value is -1.80. The first-order chi connectivity index (χ1) is 9.06. The number of hydrogen-bond donors (Lipinski definition) is 1. The summed E-state index contributed by atoms with van der Waals surface area (Å²) in [7, 11) is 4.01. The molecule has 0 unspecified atom stereocenters. The lowest BCUT2D eigenvalue weighted by atomic mass is 10.3. The zero-order valence-corrected chi connectivity index (χ0v) is 11.9. The minimum atomic E-state index is -0.251. The fourth-order valence-corrected chi connectivity index (χ4v) is 1.95. The molecular weight excluding hydrogens is 264 g/mol. The van der Waals surface area contributed by atoms with Crippen LogP contribution in [0.4, 0.5) is 5.69 Å². The van der Waals surface area contributed by atoms with Crippen molar-refractivity contribution in [3.63, 3.8) is 0 Å². The van der Waals surface area contributed by atoms with Crippen LogP contribution in [0.1, 0.15) is 15.4 Å². The molecule has 7 nitrogen and oxygen atoms in total. The van der Waals surface area contributed by atoms with Crippen LogP contribution in [-0.4, -0.2) is 50.8 Å². The van der Waals surface area contributed by atoms with Gasteiger partial charge in [0.25, 0.3) is 5.91 Å². The summed E-state index contributed by atoms with van der Waals surface area (Å²) in [6.45, 7) is 3.49. The largest absolute Gasteiger partial charge is 0.318 e. The van der Waals surface area contributed by atoms with Crippen LogP contribution >= 0.6 is 11.5 Å². The summed E-state index contributed by atoms with van der Waals surface area (Å²) in [5, 5.41) is 10.7. The van der Waals surface area contributed by atoms with Crippen molar-refractivity contribution < 1.29 is 4.79 Å². The third-order valence-electron chi connectivity index (χ3n) is 2.53. The van der Waals surface area contributed by atoms with E-state index < -0.39 is 0 Å². The molecule has 19 heavy (non-hydrogen) atoms. The van der Waals surface area contributed by atoms with Gasteiger partial charge in [-0.2, -0.15) is 5.10 Å². The van der Waals surface area contributed by atoms with Crippen LogP contribution < -0.4 is 5.32 Å². The van der Waals surface area contributed by atoms with Gasteiger partial charge in [0.05, 0.1) is 23.3 Å². The molecule has 2 aromatic heterocycles. The molecule has 0 fully saturated rings. The van der Waals surface area contributed by atoms with E-state index in [-0.39, 0.29) is 5.91 Å². The lowest BCUT2D eigenvalue weighted by Crippen LogP contribution is -2.18. The molecule has 0 saturated heterocycles. The Morgan fingerprint density at radius 3 is 2.95 bits per heavy atom. The molecule has 8 heteroatoms. The molecule has 0 spiro atoms. The first kappa shape index (κ1) is 13.6. The maximum absolute atomic E-state index is 11.9. The number of likely N-dealkylation sites (N-methyl/N-ethyl adjacent to an activating group) is 1. The van der Waals surface area contributed by atoms with Crippen LogP contribution in [0.25, 0.3) is 0 Å². The lowest BCUT2D eigenvalue weighted by Gasteiger charge is -2.08. The number of aryl methyl sites for hydroxylation is 1. The van der Waals surface area contributed by atoms with E-state index >= 15 is 0 Å². The zero-order chi connectivity index (χ0) is 13.8. The van der Waals surface area contributed by atoms with Gasteiger partial charge < -0.3 is 10.2 Å². The monoisotopic (exact) mass is 280 g/mol. The molecule has 2 heterocycles. The Morgan fingerprint density at radius 2 is 2.32 bits per heavy atom. The molecule has 0 aliphatic carbocycles. The number of rotatable bonds is 5. The highest BCUT2D eigenvalue weighted by atomic mass is 32.1. The van der Waals surface area contributed by atoms with E-state index in [1.807, 2.05) is 21.0 Å². The fraction of sp³-hybridized carbons (Fsp3) is 0.455. The summed E-state index contributed by atoms with van der Waals surface area (Å²) >= 11 is 1.21. The van der Waals surface area contributed by atoms with Crippen LogP contribution in [-0.2, 0) is 6.54 Å². The number of carbonyl (C=O) groups excluding carboxylic acids is 1. The van der Waals surface area contributed by atoms with Gasteiger partial charge >= 0.3 is 0 Å². The van der Waals surface area contributed by atoms with Gasteiger partial charge in [-0.15, -0.1) is 5.10 Å². The Bertz CT molecular complexity index is 561. The molecule has 0 aromatic carbocycles. The van der Waals surface area contributed by atoms with Crippen molar-refractivity contribution in [1.29, 1.82) is 0 Å². The highest BCUT2D eigenvalue weighted by Gasteiger charge is 2.14. The number of nitrogens with zero attached hydrogens (tertiary/aromatic N) is 5. The first-order valence-electron chi connectivity index (χ1n) is 5.84. The second-order valence-electron chi connectivity index (χ2n) is 4.43. The minimum absolute atomic E-state index is 0.251. The first-order valence-corrected chi connectivity index (χ1v) is 6.61. The van der Waals surface area contributed by atoms with Gasteiger partial charge in [-0.25, -0.2) is 0 Å². The summed E-state index contributed by atoms with van der Waals surface area (Å²) in [4.78, 5) is 14.8. The van der Waals surface area contributed by atoms with E-state index in [4.69, 9.17) is 0 Å². The van der Waals surface area contributed by atoms with Gasteiger partial charge in [0.2, 0.25) is 0 Å². The van der Waals surface area contributed by atoms with Crippen molar-refractivity contribution in [3.8, 4) is 0 Å². The lowest BCUT2D eigenvalue weighted by molar-refractivity contribution is 0.102. The topological polar surface area (TPSA) is 75.9 Å². The molecule has 102 valence electrons. The maximum Gasteiger partial charge on any atom is 0.277 e. The molecule has 1 amide bonds. The summed E-state index contributed by atoms with van der Waals surface area (Å²) in [5.74, 6) is -0.251. The van der Waals surface area contributed by atoms with Crippen molar-refractivity contribution in [3.05, 3.63) is 23.0 Å². The van der Waals surface area contributed by atoms with Gasteiger partial charge in [-0.1, -0.05) is 4.49 Å². The summed E-state index contributed by atoms with van der Waals surface area (Å²) < 4.78 is 5.54. The number of carbonyl (C=O) groups is 1. The fourth-order valence-electron chi connectivity index (χ4n) is 1.48. The average molecular weight is 280 g/mol. The Morgan fingerprint density at radius 1 is 1.53 bits per heavy atom. The van der Waals surface area contributed by atoms with Crippen LogP contribution in [0.15, 0.2) is 12.4 Å². The van der Waals surface area contributed by atoms with Crippen LogP contribution in [0.5, 0.6) is 0 Å². The van der Waals surface area contributed by atoms with Crippen molar-refractivity contribution in [2.45, 2.75) is 13.5 Å². The molecule has 0 bridgehead atoms. The minimum Gasteiger partial charge on any atom is -0.318 e. The normalized spacial score (nSPS) is 10.9. The van der Waals surface area contributed by atoms with Crippen molar-refractivity contribution >= 4 is 23.1 Å². The van der Waals surface area contributed by atoms with Crippen LogP contribution in [0.3, 0.4) is 0 Å². The SMILES string of the molecule is Cc1snnc1C(=O)Nc1cnn(CCN(C)C)c1. The number of hydrogen-bond acceptors (Lipinski definition) is 6. The highest BCUT2D eigenvalue weighted by molar-refractivity contribution is 7.05.